The molecule has 2 heterocycles. The molecule has 0 N–H and O–H groups in total. The highest BCUT2D eigenvalue weighted by molar-refractivity contribution is 7.07. The number of halogens is 1. The number of thiophene rings is 1. The first-order valence-corrected chi connectivity index (χ1v) is 7.28. The molecule has 2 aromatic heterocycles. The molecule has 0 radical (unpaired) electrons. The highest BCUT2D eigenvalue weighted by Gasteiger charge is 2.16. The maximum absolute atomic E-state index is 11.8. The van der Waals surface area contributed by atoms with Crippen molar-refractivity contribution in [2.24, 2.45) is 7.05 Å². The third kappa shape index (κ3) is 2.98. The molecule has 1 unspecified atom stereocenters. The number of hydrogen-bond donors (Lipinski definition) is 0. The van der Waals surface area contributed by atoms with E-state index in [1.807, 2.05) is 11.9 Å². The first-order valence-electron chi connectivity index (χ1n) is 5.96. The van der Waals surface area contributed by atoms with Crippen LogP contribution in [-0.4, -0.2) is 22.9 Å². The minimum Gasteiger partial charge on any atom is -0.369 e. The zero-order valence-corrected chi connectivity index (χ0v) is 12.7. The lowest BCUT2D eigenvalue weighted by Gasteiger charge is -2.27. The molecule has 0 amide bonds. The quantitative estimate of drug-likeness (QED) is 0.870. The molecule has 0 bridgehead atoms. The lowest BCUT2D eigenvalue weighted by molar-refractivity contribution is 0.664. The molecule has 0 fully saturated rings. The van der Waals surface area contributed by atoms with Gasteiger partial charge in [0, 0.05) is 20.1 Å². The smallest absolute Gasteiger partial charge is 0.287 e. The van der Waals surface area contributed by atoms with Crippen molar-refractivity contribution in [3.8, 4) is 0 Å². The van der Waals surface area contributed by atoms with Crippen LogP contribution in [0.4, 0.5) is 5.69 Å². The Hall–Kier alpha value is -1.33. The molecule has 0 aromatic carbocycles. The molecule has 1 atom stereocenters. The van der Waals surface area contributed by atoms with Crippen LogP contribution < -0.4 is 10.5 Å². The number of anilines is 1. The Labute approximate surface area is 121 Å². The van der Waals surface area contributed by atoms with Crippen LogP contribution in [0.3, 0.4) is 0 Å². The van der Waals surface area contributed by atoms with E-state index in [1.165, 1.54) is 10.2 Å². The molecule has 0 saturated heterocycles. The van der Waals surface area contributed by atoms with Crippen LogP contribution in [0.15, 0.2) is 27.8 Å². The molecule has 102 valence electrons. The predicted octanol–water partition coefficient (Wildman–Crippen LogP) is 2.56. The number of rotatable bonds is 4. The van der Waals surface area contributed by atoms with Gasteiger partial charge in [-0.05, 0) is 35.7 Å². The fraction of sp³-hybridized carbons (Fsp3) is 0.385. The minimum absolute atomic E-state index is 0.220. The normalized spacial score (nSPS) is 12.4. The lowest BCUT2D eigenvalue weighted by Crippen LogP contribution is -2.33. The van der Waals surface area contributed by atoms with Gasteiger partial charge in [0.15, 0.2) is 0 Å². The van der Waals surface area contributed by atoms with Gasteiger partial charge in [-0.2, -0.15) is 16.4 Å². The number of nitrogens with zero attached hydrogens (tertiary/aromatic N) is 3. The van der Waals surface area contributed by atoms with Crippen LogP contribution in [-0.2, 0) is 13.5 Å². The van der Waals surface area contributed by atoms with E-state index in [2.05, 4.69) is 28.8 Å². The highest BCUT2D eigenvalue weighted by Crippen LogP contribution is 2.23. The summed E-state index contributed by atoms with van der Waals surface area (Å²) in [6.07, 6.45) is 2.54. The summed E-state index contributed by atoms with van der Waals surface area (Å²) < 4.78 is 1.24. The number of aryl methyl sites for hydroxylation is 1. The fourth-order valence-electron chi connectivity index (χ4n) is 1.87. The van der Waals surface area contributed by atoms with Crippen molar-refractivity contribution in [2.75, 3.05) is 11.9 Å². The van der Waals surface area contributed by atoms with Crippen molar-refractivity contribution in [1.29, 1.82) is 0 Å². The molecular weight excluding hydrogens is 282 g/mol. The molecule has 19 heavy (non-hydrogen) atoms. The Morgan fingerprint density at radius 1 is 1.58 bits per heavy atom. The molecule has 0 aliphatic heterocycles. The van der Waals surface area contributed by atoms with E-state index in [-0.39, 0.29) is 16.6 Å². The van der Waals surface area contributed by atoms with Gasteiger partial charge in [0.1, 0.15) is 5.02 Å². The van der Waals surface area contributed by atoms with Gasteiger partial charge in [-0.25, -0.2) is 4.68 Å². The van der Waals surface area contributed by atoms with Crippen molar-refractivity contribution in [3.05, 3.63) is 44.0 Å². The minimum atomic E-state index is -0.270. The van der Waals surface area contributed by atoms with Gasteiger partial charge in [-0.15, -0.1) is 0 Å². The Kier molecular flexibility index (Phi) is 4.27. The molecule has 2 rings (SSSR count). The van der Waals surface area contributed by atoms with Crippen molar-refractivity contribution in [3.63, 3.8) is 0 Å². The predicted molar refractivity (Wildman–Crippen MR) is 80.4 cm³/mol. The topological polar surface area (TPSA) is 38.1 Å². The molecule has 0 saturated carbocycles. The van der Waals surface area contributed by atoms with Gasteiger partial charge in [-0.1, -0.05) is 11.6 Å². The van der Waals surface area contributed by atoms with Gasteiger partial charge >= 0.3 is 0 Å². The van der Waals surface area contributed by atoms with Crippen LogP contribution in [0.1, 0.15) is 12.5 Å². The number of aromatic nitrogens is 2. The Morgan fingerprint density at radius 2 is 2.32 bits per heavy atom. The largest absolute Gasteiger partial charge is 0.369 e. The van der Waals surface area contributed by atoms with Gasteiger partial charge in [0.2, 0.25) is 0 Å². The second-order valence-corrected chi connectivity index (χ2v) is 5.73. The lowest BCUT2D eigenvalue weighted by atomic mass is 10.1. The van der Waals surface area contributed by atoms with Crippen molar-refractivity contribution in [2.45, 2.75) is 19.4 Å². The third-order valence-electron chi connectivity index (χ3n) is 3.21. The Bertz CT molecular complexity index is 609. The Morgan fingerprint density at radius 3 is 2.95 bits per heavy atom. The van der Waals surface area contributed by atoms with Crippen LogP contribution >= 0.6 is 22.9 Å². The zero-order valence-electron chi connectivity index (χ0n) is 11.1. The summed E-state index contributed by atoms with van der Waals surface area (Å²) in [5, 5.41) is 8.44. The van der Waals surface area contributed by atoms with E-state index in [0.717, 1.165) is 6.42 Å². The molecule has 4 nitrogen and oxygen atoms in total. The van der Waals surface area contributed by atoms with Gasteiger partial charge in [-0.3, -0.25) is 4.79 Å². The SMILES string of the molecule is CC(Cc1ccsc1)N(C)c1cnn(C)c(=O)c1Cl. The molecule has 0 aliphatic carbocycles. The van der Waals surface area contributed by atoms with Crippen LogP contribution in [0.25, 0.3) is 0 Å². The van der Waals surface area contributed by atoms with Crippen molar-refractivity contribution in [1.82, 2.24) is 9.78 Å². The molecule has 2 aromatic rings. The molecule has 6 heteroatoms. The number of likely N-dealkylation sites (N-methyl/N-ethyl adjacent to an activating group) is 1. The average molecular weight is 298 g/mol. The highest BCUT2D eigenvalue weighted by atomic mass is 35.5. The van der Waals surface area contributed by atoms with Crippen molar-refractivity contribution >= 4 is 28.6 Å². The van der Waals surface area contributed by atoms with E-state index in [0.29, 0.717) is 5.69 Å². The van der Waals surface area contributed by atoms with Crippen molar-refractivity contribution < 1.29 is 0 Å². The summed E-state index contributed by atoms with van der Waals surface area (Å²) in [5.41, 5.74) is 1.69. The summed E-state index contributed by atoms with van der Waals surface area (Å²) in [4.78, 5) is 13.8. The molecular formula is C13H16ClN3OS. The standard InChI is InChI=1S/C13H16ClN3OS/c1-9(6-10-4-5-19-8-10)16(2)11-7-15-17(3)13(18)12(11)14/h4-5,7-9H,6H2,1-3H3. The van der Waals surface area contributed by atoms with Crippen LogP contribution in [0.5, 0.6) is 0 Å². The number of hydrogen-bond acceptors (Lipinski definition) is 4. The van der Waals surface area contributed by atoms with Crippen LogP contribution in [0.2, 0.25) is 5.02 Å². The summed E-state index contributed by atoms with van der Waals surface area (Å²) in [6, 6.07) is 2.35. The van der Waals surface area contributed by atoms with Crippen LogP contribution in [0, 0.1) is 0 Å². The maximum Gasteiger partial charge on any atom is 0.287 e. The van der Waals surface area contributed by atoms with E-state index >= 15 is 0 Å². The molecule has 0 aliphatic rings. The third-order valence-corrected chi connectivity index (χ3v) is 4.30. The maximum atomic E-state index is 11.8. The summed E-state index contributed by atoms with van der Waals surface area (Å²) >= 11 is 7.79. The first kappa shape index (κ1) is 14.1. The van der Waals surface area contributed by atoms with E-state index in [4.69, 9.17) is 11.6 Å². The van der Waals surface area contributed by atoms with Gasteiger partial charge in [0.25, 0.3) is 5.56 Å². The van der Waals surface area contributed by atoms with Gasteiger partial charge < -0.3 is 4.90 Å². The first-order chi connectivity index (χ1) is 9.00. The fourth-order valence-corrected chi connectivity index (χ4v) is 2.86. The summed E-state index contributed by atoms with van der Waals surface area (Å²) in [7, 11) is 3.52. The monoisotopic (exact) mass is 297 g/mol. The van der Waals surface area contributed by atoms with E-state index in [1.54, 1.807) is 24.6 Å². The molecule has 0 spiro atoms. The summed E-state index contributed by atoms with van der Waals surface area (Å²) in [6.45, 7) is 2.10. The Balaban J connectivity index is 2.22. The van der Waals surface area contributed by atoms with E-state index < -0.39 is 0 Å². The average Bonchev–Trinajstić information content (AvgIpc) is 2.88. The van der Waals surface area contributed by atoms with E-state index in [9.17, 15) is 4.79 Å². The zero-order chi connectivity index (χ0) is 14.0. The summed E-state index contributed by atoms with van der Waals surface area (Å²) in [5.74, 6) is 0. The van der Waals surface area contributed by atoms with Gasteiger partial charge in [0.05, 0.1) is 11.9 Å². The second kappa shape index (κ2) is 5.75. The second-order valence-electron chi connectivity index (χ2n) is 4.57.